The number of rotatable bonds is 3. The van der Waals surface area contributed by atoms with E-state index in [1.165, 1.54) is 16.8 Å². The van der Waals surface area contributed by atoms with Crippen LogP contribution in [0.5, 0.6) is 0 Å². The van der Waals surface area contributed by atoms with Gasteiger partial charge >= 0.3 is 6.09 Å². The van der Waals surface area contributed by atoms with Crippen LogP contribution in [0.15, 0.2) is 24.7 Å². The maximum Gasteiger partial charge on any atom is 0.410 e. The van der Waals surface area contributed by atoms with Crippen molar-refractivity contribution >= 4 is 23.4 Å². The Morgan fingerprint density at radius 1 is 1.28 bits per heavy atom. The second-order valence-corrected chi connectivity index (χ2v) is 7.78. The van der Waals surface area contributed by atoms with Crippen LogP contribution in [-0.4, -0.2) is 71.3 Å². The minimum atomic E-state index is -0.223. The fourth-order valence-electron chi connectivity index (χ4n) is 4.21. The Hall–Kier alpha value is -2.87. The van der Waals surface area contributed by atoms with Gasteiger partial charge in [0.25, 0.3) is 0 Å². The first-order chi connectivity index (χ1) is 14.2. The fourth-order valence-corrected chi connectivity index (χ4v) is 4.21. The number of piperazine rings is 1. The molecule has 0 spiro atoms. The van der Waals surface area contributed by atoms with Crippen LogP contribution in [0.25, 0.3) is 11.6 Å². The van der Waals surface area contributed by atoms with Gasteiger partial charge in [-0.15, -0.1) is 0 Å². The summed E-state index contributed by atoms with van der Waals surface area (Å²) in [4.78, 5) is 21.1. The topological polar surface area (TPSA) is 72.7 Å². The van der Waals surface area contributed by atoms with Crippen LogP contribution in [0, 0.1) is 0 Å². The van der Waals surface area contributed by atoms with Crippen molar-refractivity contribution in [3.8, 4) is 0 Å². The molecule has 8 nitrogen and oxygen atoms in total. The predicted octanol–water partition coefficient (Wildman–Crippen LogP) is 1.96. The van der Waals surface area contributed by atoms with Crippen molar-refractivity contribution in [3.63, 3.8) is 0 Å². The molecule has 2 aromatic heterocycles. The van der Waals surface area contributed by atoms with Gasteiger partial charge in [-0.3, -0.25) is 9.67 Å². The van der Waals surface area contributed by atoms with Gasteiger partial charge in [0, 0.05) is 75.3 Å². The van der Waals surface area contributed by atoms with Gasteiger partial charge in [-0.1, -0.05) is 0 Å². The van der Waals surface area contributed by atoms with Crippen LogP contribution in [0.2, 0.25) is 0 Å². The molecule has 1 atom stereocenters. The lowest BCUT2D eigenvalue weighted by molar-refractivity contribution is 0.0534. The Labute approximate surface area is 169 Å². The van der Waals surface area contributed by atoms with E-state index in [1.807, 2.05) is 30.3 Å². The van der Waals surface area contributed by atoms with E-state index in [9.17, 15) is 4.79 Å². The number of aryl methyl sites for hydroxylation is 1. The zero-order valence-electron chi connectivity index (χ0n) is 16.6. The lowest BCUT2D eigenvalue weighted by Crippen LogP contribution is -2.49. The molecule has 2 aliphatic heterocycles. The monoisotopic (exact) mass is 395 g/mol. The number of aromatic nitrogens is 3. The van der Waals surface area contributed by atoms with Crippen molar-refractivity contribution in [2.24, 2.45) is 7.05 Å². The van der Waals surface area contributed by atoms with Crippen molar-refractivity contribution in [1.29, 1.82) is 0 Å². The molecule has 8 heteroatoms. The fraction of sp³-hybridized carbons (Fsp3) is 0.476. The zero-order chi connectivity index (χ0) is 19.8. The van der Waals surface area contributed by atoms with E-state index in [0.29, 0.717) is 26.3 Å². The maximum atomic E-state index is 12.4. The molecule has 1 amide bonds. The van der Waals surface area contributed by atoms with Crippen LogP contribution < -0.4 is 4.90 Å². The minimum Gasteiger partial charge on any atom is -0.444 e. The van der Waals surface area contributed by atoms with Crippen LogP contribution in [0.3, 0.4) is 0 Å². The van der Waals surface area contributed by atoms with Crippen molar-refractivity contribution in [3.05, 3.63) is 41.5 Å². The number of hydrogen-bond donors (Lipinski definition) is 0. The van der Waals surface area contributed by atoms with E-state index in [0.717, 1.165) is 37.2 Å². The molecule has 1 aliphatic carbocycles. The molecule has 0 N–H and O–H groups in total. The SMILES string of the molecule is Cn1cc(C2=Cc3c(N4CCN(C(=O)O[C@@H]5CCOC5)CC4)ccnc3C2)cn1. The molecule has 2 aromatic rings. The predicted molar refractivity (Wildman–Crippen MR) is 109 cm³/mol. The van der Waals surface area contributed by atoms with Gasteiger partial charge in [0.15, 0.2) is 0 Å². The van der Waals surface area contributed by atoms with Gasteiger partial charge in [0.05, 0.1) is 25.1 Å². The second-order valence-electron chi connectivity index (χ2n) is 7.78. The van der Waals surface area contributed by atoms with E-state index in [2.05, 4.69) is 27.1 Å². The Morgan fingerprint density at radius 3 is 2.86 bits per heavy atom. The average Bonchev–Trinajstić information content (AvgIpc) is 3.48. The molecule has 0 unspecified atom stereocenters. The summed E-state index contributed by atoms with van der Waals surface area (Å²) in [6.45, 7) is 4.06. The highest BCUT2D eigenvalue weighted by Gasteiger charge is 2.28. The third-order valence-electron chi connectivity index (χ3n) is 5.84. The second kappa shape index (κ2) is 7.51. The molecular weight excluding hydrogens is 370 g/mol. The molecule has 2 fully saturated rings. The summed E-state index contributed by atoms with van der Waals surface area (Å²) in [5.41, 5.74) is 5.86. The lowest BCUT2D eigenvalue weighted by Gasteiger charge is -2.36. The number of hydrogen-bond acceptors (Lipinski definition) is 6. The highest BCUT2D eigenvalue weighted by Crippen LogP contribution is 2.36. The molecule has 0 aromatic carbocycles. The molecule has 152 valence electrons. The quantitative estimate of drug-likeness (QED) is 0.791. The first kappa shape index (κ1) is 18.2. The largest absolute Gasteiger partial charge is 0.444 e. The number of allylic oxidation sites excluding steroid dienone is 1. The number of amides is 1. The third kappa shape index (κ3) is 3.60. The van der Waals surface area contributed by atoms with Crippen LogP contribution in [-0.2, 0) is 22.9 Å². The summed E-state index contributed by atoms with van der Waals surface area (Å²) < 4.78 is 12.7. The Morgan fingerprint density at radius 2 is 2.14 bits per heavy atom. The van der Waals surface area contributed by atoms with Crippen LogP contribution in [0.1, 0.15) is 23.2 Å². The van der Waals surface area contributed by atoms with Gasteiger partial charge < -0.3 is 19.3 Å². The minimum absolute atomic E-state index is 0.0972. The van der Waals surface area contributed by atoms with E-state index >= 15 is 0 Å². The molecule has 4 heterocycles. The first-order valence-corrected chi connectivity index (χ1v) is 10.1. The average molecular weight is 395 g/mol. The smallest absolute Gasteiger partial charge is 0.410 e. The third-order valence-corrected chi connectivity index (χ3v) is 5.84. The van der Waals surface area contributed by atoms with E-state index in [-0.39, 0.29) is 12.2 Å². The van der Waals surface area contributed by atoms with Crippen LogP contribution in [0.4, 0.5) is 10.5 Å². The molecule has 29 heavy (non-hydrogen) atoms. The summed E-state index contributed by atoms with van der Waals surface area (Å²) >= 11 is 0. The van der Waals surface area contributed by atoms with Gasteiger partial charge in [-0.05, 0) is 17.7 Å². The summed E-state index contributed by atoms with van der Waals surface area (Å²) in [6, 6.07) is 2.07. The molecule has 0 bridgehead atoms. The maximum absolute atomic E-state index is 12.4. The summed E-state index contributed by atoms with van der Waals surface area (Å²) in [5, 5.41) is 4.29. The van der Waals surface area contributed by atoms with Gasteiger partial charge in [-0.25, -0.2) is 4.79 Å². The van der Waals surface area contributed by atoms with E-state index < -0.39 is 0 Å². The van der Waals surface area contributed by atoms with E-state index in [4.69, 9.17) is 9.47 Å². The highest BCUT2D eigenvalue weighted by atomic mass is 16.6. The van der Waals surface area contributed by atoms with Crippen molar-refractivity contribution in [2.75, 3.05) is 44.3 Å². The van der Waals surface area contributed by atoms with Gasteiger partial charge in [0.1, 0.15) is 6.10 Å². The van der Waals surface area contributed by atoms with Gasteiger partial charge in [0.2, 0.25) is 0 Å². The Bertz CT molecular complexity index is 940. The van der Waals surface area contributed by atoms with E-state index in [1.54, 1.807) is 4.90 Å². The first-order valence-electron chi connectivity index (χ1n) is 10.1. The number of ether oxygens (including phenoxy) is 2. The lowest BCUT2D eigenvalue weighted by atomic mass is 10.1. The number of pyridine rings is 1. The summed E-state index contributed by atoms with van der Waals surface area (Å²) in [7, 11) is 1.93. The summed E-state index contributed by atoms with van der Waals surface area (Å²) in [5.74, 6) is 0. The molecule has 0 saturated carbocycles. The molecule has 2 saturated heterocycles. The van der Waals surface area contributed by atoms with Crippen molar-refractivity contribution < 1.29 is 14.3 Å². The van der Waals surface area contributed by atoms with Crippen molar-refractivity contribution in [1.82, 2.24) is 19.7 Å². The van der Waals surface area contributed by atoms with Crippen molar-refractivity contribution in [2.45, 2.75) is 18.9 Å². The normalized spacial score (nSPS) is 21.3. The number of nitrogens with zero attached hydrogens (tertiary/aromatic N) is 5. The molecule has 0 radical (unpaired) electrons. The number of anilines is 1. The van der Waals surface area contributed by atoms with Gasteiger partial charge in [-0.2, -0.15) is 5.10 Å². The molecule has 3 aliphatic rings. The Kier molecular flexibility index (Phi) is 4.71. The number of fused-ring (bicyclic) bond motifs is 1. The summed E-state index contributed by atoms with van der Waals surface area (Å²) in [6.07, 6.45) is 9.35. The number of carbonyl (C=O) groups is 1. The zero-order valence-corrected chi connectivity index (χ0v) is 16.6. The highest BCUT2D eigenvalue weighted by molar-refractivity contribution is 5.91. The molecular formula is C21H25N5O3. The number of carbonyl (C=O) groups excluding carboxylic acids is 1. The van der Waals surface area contributed by atoms with Crippen LogP contribution >= 0.6 is 0 Å². The Balaban J connectivity index is 1.27. The standard InChI is InChI=1S/C21H25N5O3/c1-24-13-16(12-23-24)15-10-18-19(11-15)22-4-2-20(18)25-5-7-26(8-6-25)21(27)29-17-3-9-28-14-17/h2,4,10,12-13,17H,3,5-9,11,14H2,1H3/t17-/m1/s1. The molecule has 5 rings (SSSR count).